The standard InChI is InChI=1S/C18H18N2O4/c21-17(7-4-10-23-14-5-2-1-3-6-14)19-12-13-8-9-15-16(11-13)24-18(22)20-15/h1-3,5-6,8-9,11H,4,7,10,12H2,(H,19,21)(H,20,22). The minimum atomic E-state index is -0.482. The smallest absolute Gasteiger partial charge is 0.417 e. The largest absolute Gasteiger partial charge is 0.494 e. The van der Waals surface area contributed by atoms with Gasteiger partial charge in [-0.1, -0.05) is 24.3 Å². The third kappa shape index (κ3) is 4.25. The van der Waals surface area contributed by atoms with Gasteiger partial charge in [-0.2, -0.15) is 0 Å². The van der Waals surface area contributed by atoms with E-state index >= 15 is 0 Å². The Morgan fingerprint density at radius 2 is 2.00 bits per heavy atom. The molecule has 124 valence electrons. The van der Waals surface area contributed by atoms with E-state index in [0.29, 0.717) is 37.1 Å². The van der Waals surface area contributed by atoms with E-state index in [0.717, 1.165) is 11.3 Å². The van der Waals surface area contributed by atoms with Crippen molar-refractivity contribution in [3.8, 4) is 5.75 Å². The summed E-state index contributed by atoms with van der Waals surface area (Å²) < 4.78 is 10.5. The SMILES string of the molecule is O=C(CCCOc1ccccc1)NCc1ccc2[nH]c(=O)oc2c1. The predicted octanol–water partition coefficient (Wildman–Crippen LogP) is 2.60. The van der Waals surface area contributed by atoms with E-state index in [-0.39, 0.29) is 5.91 Å². The quantitative estimate of drug-likeness (QED) is 0.654. The lowest BCUT2D eigenvalue weighted by Crippen LogP contribution is -2.22. The van der Waals surface area contributed by atoms with Crippen molar-refractivity contribution < 1.29 is 13.9 Å². The van der Waals surface area contributed by atoms with Crippen molar-refractivity contribution in [2.24, 2.45) is 0 Å². The van der Waals surface area contributed by atoms with Crippen LogP contribution in [0.2, 0.25) is 0 Å². The van der Waals surface area contributed by atoms with Gasteiger partial charge in [0, 0.05) is 13.0 Å². The maximum atomic E-state index is 11.8. The van der Waals surface area contributed by atoms with Crippen molar-refractivity contribution in [1.82, 2.24) is 10.3 Å². The maximum Gasteiger partial charge on any atom is 0.417 e. The third-order valence-corrected chi connectivity index (χ3v) is 3.54. The first-order chi connectivity index (χ1) is 11.7. The number of rotatable bonds is 7. The Morgan fingerprint density at radius 1 is 1.17 bits per heavy atom. The van der Waals surface area contributed by atoms with E-state index < -0.39 is 5.76 Å². The monoisotopic (exact) mass is 326 g/mol. The molecule has 0 saturated carbocycles. The third-order valence-electron chi connectivity index (χ3n) is 3.54. The Labute approximate surface area is 138 Å². The highest BCUT2D eigenvalue weighted by atomic mass is 16.5. The van der Waals surface area contributed by atoms with Crippen molar-refractivity contribution in [1.29, 1.82) is 0 Å². The second-order valence-corrected chi connectivity index (χ2v) is 5.39. The highest BCUT2D eigenvalue weighted by Crippen LogP contribution is 2.12. The zero-order chi connectivity index (χ0) is 16.8. The number of aromatic amines is 1. The van der Waals surface area contributed by atoms with E-state index in [1.54, 1.807) is 12.1 Å². The number of ether oxygens (including phenoxy) is 1. The first kappa shape index (κ1) is 15.9. The summed E-state index contributed by atoms with van der Waals surface area (Å²) in [5, 5.41) is 2.84. The average molecular weight is 326 g/mol. The van der Waals surface area contributed by atoms with Gasteiger partial charge < -0.3 is 14.5 Å². The highest BCUT2D eigenvalue weighted by Gasteiger charge is 2.05. The van der Waals surface area contributed by atoms with Crippen LogP contribution in [0.5, 0.6) is 5.75 Å². The Balaban J connectivity index is 1.40. The highest BCUT2D eigenvalue weighted by molar-refractivity contribution is 5.76. The number of carbonyl (C=O) groups excluding carboxylic acids is 1. The molecule has 24 heavy (non-hydrogen) atoms. The van der Waals surface area contributed by atoms with Crippen LogP contribution in [-0.4, -0.2) is 17.5 Å². The lowest BCUT2D eigenvalue weighted by Gasteiger charge is -2.07. The summed E-state index contributed by atoms with van der Waals surface area (Å²) in [5.41, 5.74) is 2.01. The Bertz CT molecular complexity index is 867. The number of hydrogen-bond donors (Lipinski definition) is 2. The lowest BCUT2D eigenvalue weighted by atomic mass is 10.2. The zero-order valence-electron chi connectivity index (χ0n) is 13.1. The van der Waals surface area contributed by atoms with Gasteiger partial charge in [0.1, 0.15) is 5.75 Å². The number of oxazole rings is 1. The van der Waals surface area contributed by atoms with E-state index in [1.807, 2.05) is 36.4 Å². The summed E-state index contributed by atoms with van der Waals surface area (Å²) in [6.45, 7) is 0.890. The van der Waals surface area contributed by atoms with Gasteiger partial charge in [0.25, 0.3) is 0 Å². The van der Waals surface area contributed by atoms with Crippen LogP contribution in [0.3, 0.4) is 0 Å². The molecular formula is C18H18N2O4. The molecule has 2 N–H and O–H groups in total. The first-order valence-corrected chi connectivity index (χ1v) is 7.77. The molecule has 3 aromatic rings. The Hall–Kier alpha value is -3.02. The van der Waals surface area contributed by atoms with Crippen LogP contribution >= 0.6 is 0 Å². The molecule has 0 saturated heterocycles. The summed E-state index contributed by atoms with van der Waals surface area (Å²) in [5.74, 6) is 0.283. The normalized spacial score (nSPS) is 10.7. The molecule has 6 heteroatoms. The van der Waals surface area contributed by atoms with Crippen LogP contribution in [0.25, 0.3) is 11.1 Å². The molecular weight excluding hydrogens is 308 g/mol. The second-order valence-electron chi connectivity index (χ2n) is 5.39. The van der Waals surface area contributed by atoms with E-state index in [1.165, 1.54) is 0 Å². The molecule has 6 nitrogen and oxygen atoms in total. The summed E-state index contributed by atoms with van der Waals surface area (Å²) >= 11 is 0. The van der Waals surface area contributed by atoms with Crippen molar-refractivity contribution in [2.45, 2.75) is 19.4 Å². The fourth-order valence-corrected chi connectivity index (χ4v) is 2.33. The first-order valence-electron chi connectivity index (χ1n) is 7.77. The number of hydrogen-bond acceptors (Lipinski definition) is 4. The molecule has 0 fully saturated rings. The Kier molecular flexibility index (Phi) is 4.96. The fourth-order valence-electron chi connectivity index (χ4n) is 2.33. The summed E-state index contributed by atoms with van der Waals surface area (Å²) in [6.07, 6.45) is 1.04. The fraction of sp³-hybridized carbons (Fsp3) is 0.222. The van der Waals surface area contributed by atoms with Gasteiger partial charge in [-0.15, -0.1) is 0 Å². The van der Waals surface area contributed by atoms with E-state index in [2.05, 4.69) is 10.3 Å². The van der Waals surface area contributed by atoms with Crippen molar-refractivity contribution >= 4 is 17.0 Å². The molecule has 0 bridgehead atoms. The minimum Gasteiger partial charge on any atom is -0.494 e. The number of aromatic nitrogens is 1. The molecule has 1 aromatic heterocycles. The number of nitrogens with one attached hydrogen (secondary N) is 2. The van der Waals surface area contributed by atoms with Crippen LogP contribution in [0, 0.1) is 0 Å². The molecule has 0 spiro atoms. The molecule has 0 unspecified atom stereocenters. The number of amides is 1. The van der Waals surface area contributed by atoms with Crippen LogP contribution < -0.4 is 15.8 Å². The van der Waals surface area contributed by atoms with Crippen LogP contribution in [0.1, 0.15) is 18.4 Å². The number of H-pyrrole nitrogens is 1. The molecule has 2 aromatic carbocycles. The molecule has 0 aliphatic carbocycles. The van der Waals surface area contributed by atoms with Crippen LogP contribution in [-0.2, 0) is 11.3 Å². The Morgan fingerprint density at radius 3 is 2.83 bits per heavy atom. The molecule has 1 heterocycles. The summed E-state index contributed by atoms with van der Waals surface area (Å²) in [4.78, 5) is 25.5. The number of benzene rings is 2. The van der Waals surface area contributed by atoms with Crippen molar-refractivity contribution in [3.05, 3.63) is 64.6 Å². The molecule has 3 rings (SSSR count). The minimum absolute atomic E-state index is 0.0396. The van der Waals surface area contributed by atoms with Gasteiger partial charge in [0.15, 0.2) is 5.58 Å². The summed E-state index contributed by atoms with van der Waals surface area (Å²) in [6, 6.07) is 14.9. The van der Waals surface area contributed by atoms with Crippen LogP contribution in [0.15, 0.2) is 57.7 Å². The number of para-hydroxylation sites is 1. The average Bonchev–Trinajstić information content (AvgIpc) is 2.97. The molecule has 0 aliphatic rings. The van der Waals surface area contributed by atoms with Gasteiger partial charge >= 0.3 is 5.76 Å². The molecule has 0 radical (unpaired) electrons. The summed E-state index contributed by atoms with van der Waals surface area (Å²) in [7, 11) is 0. The van der Waals surface area contributed by atoms with Gasteiger partial charge in [0.2, 0.25) is 5.91 Å². The molecule has 0 aliphatic heterocycles. The second kappa shape index (κ2) is 7.50. The van der Waals surface area contributed by atoms with Gasteiger partial charge in [-0.05, 0) is 36.2 Å². The van der Waals surface area contributed by atoms with Crippen LogP contribution in [0.4, 0.5) is 0 Å². The van der Waals surface area contributed by atoms with Gasteiger partial charge in [0.05, 0.1) is 12.1 Å². The topological polar surface area (TPSA) is 84.3 Å². The lowest BCUT2D eigenvalue weighted by molar-refractivity contribution is -0.121. The number of carbonyl (C=O) groups is 1. The zero-order valence-corrected chi connectivity index (χ0v) is 13.1. The van der Waals surface area contributed by atoms with E-state index in [4.69, 9.17) is 9.15 Å². The predicted molar refractivity (Wildman–Crippen MR) is 89.9 cm³/mol. The van der Waals surface area contributed by atoms with E-state index in [9.17, 15) is 9.59 Å². The van der Waals surface area contributed by atoms with Crippen molar-refractivity contribution in [2.75, 3.05) is 6.61 Å². The molecule has 0 atom stereocenters. The van der Waals surface area contributed by atoms with Gasteiger partial charge in [-0.3, -0.25) is 9.78 Å². The maximum absolute atomic E-state index is 11.8. The van der Waals surface area contributed by atoms with Crippen molar-refractivity contribution in [3.63, 3.8) is 0 Å². The number of fused-ring (bicyclic) bond motifs is 1. The molecule has 1 amide bonds. The van der Waals surface area contributed by atoms with Gasteiger partial charge in [-0.25, -0.2) is 4.79 Å².